The van der Waals surface area contributed by atoms with Gasteiger partial charge >= 0.3 is 5.97 Å². The fourth-order valence-electron chi connectivity index (χ4n) is 2.27. The first-order chi connectivity index (χ1) is 9.25. The number of benzene rings is 1. The molecule has 1 saturated carbocycles. The summed E-state index contributed by atoms with van der Waals surface area (Å²) in [4.78, 5) is 13.4. The summed E-state index contributed by atoms with van der Waals surface area (Å²) in [6.07, 6.45) is 3.85. The smallest absolute Gasteiger partial charge is 0.337 e. The van der Waals surface area contributed by atoms with E-state index in [9.17, 15) is 9.90 Å². The molecule has 3 rings (SSSR count). The summed E-state index contributed by atoms with van der Waals surface area (Å²) in [7, 11) is 0. The molecule has 98 valence electrons. The lowest BCUT2D eigenvalue weighted by atomic mass is 10.1. The summed E-state index contributed by atoms with van der Waals surface area (Å²) >= 11 is 0. The lowest BCUT2D eigenvalue weighted by Crippen LogP contribution is -2.26. The molecule has 4 heteroatoms. The summed E-state index contributed by atoms with van der Waals surface area (Å²) in [5.41, 5.74) is 1.12. The Hall–Kier alpha value is -2.23. The quantitative estimate of drug-likeness (QED) is 0.894. The lowest BCUT2D eigenvalue weighted by Gasteiger charge is -2.25. The Balaban J connectivity index is 1.94. The molecule has 1 aromatic heterocycles. The number of nitrogens with zero attached hydrogens (tertiary/aromatic N) is 1. The highest BCUT2D eigenvalue weighted by molar-refractivity contribution is 5.94. The van der Waals surface area contributed by atoms with Crippen LogP contribution in [0.25, 0.3) is 0 Å². The lowest BCUT2D eigenvalue weighted by molar-refractivity contribution is 0.0697. The zero-order chi connectivity index (χ0) is 13.2. The molecule has 0 saturated heterocycles. The summed E-state index contributed by atoms with van der Waals surface area (Å²) in [6, 6.07) is 11.3. The van der Waals surface area contributed by atoms with E-state index in [1.54, 1.807) is 18.4 Å². The Bertz CT molecular complexity index is 573. The third kappa shape index (κ3) is 2.47. The first-order valence-corrected chi connectivity index (χ1v) is 6.37. The Morgan fingerprint density at radius 3 is 2.68 bits per heavy atom. The first-order valence-electron chi connectivity index (χ1n) is 6.37. The Kier molecular flexibility index (Phi) is 2.99. The maximum Gasteiger partial charge on any atom is 0.337 e. The predicted molar refractivity (Wildman–Crippen MR) is 71.3 cm³/mol. The average Bonchev–Trinajstić information content (AvgIpc) is 3.13. The molecule has 0 spiro atoms. The summed E-state index contributed by atoms with van der Waals surface area (Å²) in [5.74, 6) is -0.0345. The molecule has 1 N–H and O–H groups in total. The van der Waals surface area contributed by atoms with E-state index >= 15 is 0 Å². The molecule has 1 aromatic carbocycles. The minimum atomic E-state index is -0.888. The second-order valence-electron chi connectivity index (χ2n) is 4.76. The zero-order valence-corrected chi connectivity index (χ0v) is 10.5. The highest BCUT2D eigenvalue weighted by Gasteiger charge is 2.31. The highest BCUT2D eigenvalue weighted by atomic mass is 16.4. The van der Waals surface area contributed by atoms with Crippen molar-refractivity contribution >= 4 is 11.7 Å². The second-order valence-corrected chi connectivity index (χ2v) is 4.76. The average molecular weight is 257 g/mol. The van der Waals surface area contributed by atoms with E-state index in [0.717, 1.165) is 24.3 Å². The monoisotopic (exact) mass is 257 g/mol. The van der Waals surface area contributed by atoms with Gasteiger partial charge in [0.1, 0.15) is 5.76 Å². The maximum atomic E-state index is 11.3. The molecule has 0 amide bonds. The van der Waals surface area contributed by atoms with Gasteiger partial charge in [-0.2, -0.15) is 0 Å². The van der Waals surface area contributed by atoms with Crippen LogP contribution in [0.4, 0.5) is 5.69 Å². The fourth-order valence-corrected chi connectivity index (χ4v) is 2.27. The summed E-state index contributed by atoms with van der Waals surface area (Å²) in [6.45, 7) is 0.613. The van der Waals surface area contributed by atoms with Gasteiger partial charge in [-0.25, -0.2) is 4.79 Å². The summed E-state index contributed by atoms with van der Waals surface area (Å²) < 4.78 is 5.37. The van der Waals surface area contributed by atoms with Crippen LogP contribution in [0, 0.1) is 0 Å². The van der Waals surface area contributed by atoms with Gasteiger partial charge < -0.3 is 14.4 Å². The molecule has 1 heterocycles. The van der Waals surface area contributed by atoms with Crippen LogP contribution in [0.15, 0.2) is 47.1 Å². The number of carboxylic acid groups (broad SMARTS) is 1. The van der Waals surface area contributed by atoms with Crippen LogP contribution in [0.5, 0.6) is 0 Å². The third-order valence-corrected chi connectivity index (χ3v) is 3.34. The fraction of sp³-hybridized carbons (Fsp3) is 0.267. The van der Waals surface area contributed by atoms with E-state index in [4.69, 9.17) is 4.42 Å². The molecule has 1 aliphatic carbocycles. The van der Waals surface area contributed by atoms with Gasteiger partial charge in [-0.3, -0.25) is 0 Å². The number of hydrogen-bond acceptors (Lipinski definition) is 3. The van der Waals surface area contributed by atoms with E-state index < -0.39 is 5.97 Å². The van der Waals surface area contributed by atoms with E-state index in [0.29, 0.717) is 18.2 Å². The van der Waals surface area contributed by atoms with Gasteiger partial charge in [-0.15, -0.1) is 0 Å². The molecule has 0 radical (unpaired) electrons. The van der Waals surface area contributed by atoms with Crippen molar-refractivity contribution in [2.45, 2.75) is 25.4 Å². The molecular formula is C15H15NO3. The Labute approximate surface area is 111 Å². The number of carboxylic acids is 1. The van der Waals surface area contributed by atoms with Crippen molar-refractivity contribution in [1.82, 2.24) is 0 Å². The van der Waals surface area contributed by atoms with Gasteiger partial charge in [0.2, 0.25) is 0 Å². The molecular weight excluding hydrogens is 242 g/mol. The van der Waals surface area contributed by atoms with Crippen molar-refractivity contribution in [3.63, 3.8) is 0 Å². The molecule has 19 heavy (non-hydrogen) atoms. The van der Waals surface area contributed by atoms with Crippen LogP contribution in [-0.4, -0.2) is 17.1 Å². The van der Waals surface area contributed by atoms with E-state index in [-0.39, 0.29) is 0 Å². The molecule has 2 aromatic rings. The van der Waals surface area contributed by atoms with Crippen molar-refractivity contribution < 1.29 is 14.3 Å². The number of anilines is 1. The van der Waals surface area contributed by atoms with Crippen LogP contribution >= 0.6 is 0 Å². The number of carbonyl (C=O) groups is 1. The van der Waals surface area contributed by atoms with Crippen LogP contribution in [-0.2, 0) is 6.54 Å². The van der Waals surface area contributed by atoms with Gasteiger partial charge in [0.15, 0.2) is 0 Å². The van der Waals surface area contributed by atoms with Crippen LogP contribution in [0.3, 0.4) is 0 Å². The van der Waals surface area contributed by atoms with Crippen molar-refractivity contribution in [3.05, 3.63) is 54.0 Å². The van der Waals surface area contributed by atoms with Crippen molar-refractivity contribution in [3.8, 4) is 0 Å². The van der Waals surface area contributed by atoms with Gasteiger partial charge in [-0.1, -0.05) is 12.1 Å². The second kappa shape index (κ2) is 4.80. The molecule has 0 atom stereocenters. The highest BCUT2D eigenvalue weighted by Crippen LogP contribution is 2.35. The summed E-state index contributed by atoms with van der Waals surface area (Å²) in [5, 5.41) is 9.29. The van der Waals surface area contributed by atoms with E-state index in [1.165, 1.54) is 0 Å². The molecule has 1 fully saturated rings. The zero-order valence-electron chi connectivity index (χ0n) is 10.5. The molecule has 0 bridgehead atoms. The molecule has 4 nitrogen and oxygen atoms in total. The molecule has 0 unspecified atom stereocenters. The van der Waals surface area contributed by atoms with Crippen molar-refractivity contribution in [2.75, 3.05) is 4.90 Å². The minimum absolute atomic E-state index is 0.348. The topological polar surface area (TPSA) is 53.7 Å². The number of hydrogen-bond donors (Lipinski definition) is 1. The normalized spacial score (nSPS) is 14.3. The standard InChI is InChI=1S/C15H15NO3/c17-15(18)13-5-1-2-6-14(13)16(11-7-8-11)10-12-4-3-9-19-12/h1-6,9,11H,7-8,10H2,(H,17,18). The number of furan rings is 1. The van der Waals surface area contributed by atoms with Crippen molar-refractivity contribution in [2.24, 2.45) is 0 Å². The minimum Gasteiger partial charge on any atom is -0.478 e. The van der Waals surface area contributed by atoms with Crippen molar-refractivity contribution in [1.29, 1.82) is 0 Å². The first kappa shape index (κ1) is 11.8. The third-order valence-electron chi connectivity index (χ3n) is 3.34. The number of para-hydroxylation sites is 1. The molecule has 0 aliphatic heterocycles. The molecule has 1 aliphatic rings. The number of aromatic carboxylic acids is 1. The van der Waals surface area contributed by atoms with E-state index in [2.05, 4.69) is 4.90 Å². The van der Waals surface area contributed by atoms with Gasteiger partial charge in [0.25, 0.3) is 0 Å². The predicted octanol–water partition coefficient (Wildman–Crippen LogP) is 3.15. The maximum absolute atomic E-state index is 11.3. The number of rotatable bonds is 5. The van der Waals surface area contributed by atoms with E-state index in [1.807, 2.05) is 24.3 Å². The van der Waals surface area contributed by atoms with Gasteiger partial charge in [0, 0.05) is 6.04 Å². The largest absolute Gasteiger partial charge is 0.478 e. The Morgan fingerprint density at radius 2 is 2.05 bits per heavy atom. The van der Waals surface area contributed by atoms with Crippen LogP contribution in [0.1, 0.15) is 29.0 Å². The van der Waals surface area contributed by atoms with Crippen LogP contribution < -0.4 is 4.90 Å². The Morgan fingerprint density at radius 1 is 1.26 bits per heavy atom. The van der Waals surface area contributed by atoms with Gasteiger partial charge in [0.05, 0.1) is 24.1 Å². The van der Waals surface area contributed by atoms with Gasteiger partial charge in [-0.05, 0) is 37.1 Å². The SMILES string of the molecule is O=C(O)c1ccccc1N(Cc1ccco1)C1CC1. The van der Waals surface area contributed by atoms with Crippen LogP contribution in [0.2, 0.25) is 0 Å².